The van der Waals surface area contributed by atoms with Crippen LogP contribution in [0, 0.1) is 6.92 Å². The third kappa shape index (κ3) is 5.50. The fourth-order valence-corrected chi connectivity index (χ4v) is 2.83. The molecule has 0 heterocycles. The van der Waals surface area contributed by atoms with Crippen LogP contribution in [-0.4, -0.2) is 32.1 Å². The third-order valence-corrected chi connectivity index (χ3v) is 4.38. The van der Waals surface area contributed by atoms with Crippen molar-refractivity contribution in [2.75, 3.05) is 14.2 Å². The number of halogens is 4. The first-order chi connectivity index (χ1) is 14.2. The number of methoxy groups -OCH3 is 1. The Hall–Kier alpha value is -3.07. The van der Waals surface area contributed by atoms with Crippen molar-refractivity contribution in [2.24, 2.45) is 10.3 Å². The Labute approximate surface area is 175 Å². The quantitative estimate of drug-likeness (QED) is 0.353. The summed E-state index contributed by atoms with van der Waals surface area (Å²) in [4.78, 5) is 21.9. The molecule has 0 aromatic heterocycles. The summed E-state index contributed by atoms with van der Waals surface area (Å²) >= 11 is 5.88. The van der Waals surface area contributed by atoms with E-state index in [4.69, 9.17) is 26.0 Å². The molecule has 0 aliphatic heterocycles. The van der Waals surface area contributed by atoms with Gasteiger partial charge >= 0.3 is 12.1 Å². The van der Waals surface area contributed by atoms with E-state index in [0.717, 1.165) is 17.8 Å². The van der Waals surface area contributed by atoms with Crippen molar-refractivity contribution in [2.45, 2.75) is 19.7 Å². The van der Waals surface area contributed by atoms with Gasteiger partial charge in [-0.2, -0.15) is 13.2 Å². The number of rotatable bonds is 7. The molecule has 0 fully saturated rings. The van der Waals surface area contributed by atoms with Gasteiger partial charge in [0.15, 0.2) is 5.71 Å². The van der Waals surface area contributed by atoms with E-state index >= 15 is 0 Å². The highest BCUT2D eigenvalue weighted by molar-refractivity contribution is 6.43. The lowest BCUT2D eigenvalue weighted by Gasteiger charge is -2.13. The number of hydrogen-bond acceptors (Lipinski definition) is 6. The summed E-state index contributed by atoms with van der Waals surface area (Å²) in [5.74, 6) is -0.724. The molecule has 0 amide bonds. The molecule has 0 unspecified atom stereocenters. The first-order valence-electron chi connectivity index (χ1n) is 8.50. The fourth-order valence-electron chi connectivity index (χ4n) is 2.61. The van der Waals surface area contributed by atoms with Crippen LogP contribution in [0.3, 0.4) is 0 Å². The minimum absolute atomic E-state index is 0.0864. The van der Waals surface area contributed by atoms with Gasteiger partial charge in [0.1, 0.15) is 13.7 Å². The van der Waals surface area contributed by atoms with E-state index < -0.39 is 17.7 Å². The molecule has 160 valence electrons. The standard InChI is InChI=1S/C20H18ClF3N2O4/c1-12-6-4-7-13(18(26-29-3)19(27)28-2)15(12)11-30-25-10-14-16(20(22,23)24)8-5-9-17(14)21/h4-10H,11H2,1-3H3/b25-10+,26-18+. The van der Waals surface area contributed by atoms with Crippen LogP contribution in [0.25, 0.3) is 0 Å². The Morgan fingerprint density at radius 1 is 1.17 bits per heavy atom. The molecular weight excluding hydrogens is 425 g/mol. The zero-order chi connectivity index (χ0) is 22.3. The summed E-state index contributed by atoms with van der Waals surface area (Å²) < 4.78 is 44.2. The highest BCUT2D eigenvalue weighted by atomic mass is 35.5. The molecule has 0 radical (unpaired) electrons. The molecule has 10 heteroatoms. The number of benzene rings is 2. The number of hydrogen-bond donors (Lipinski definition) is 0. The van der Waals surface area contributed by atoms with Gasteiger partial charge < -0.3 is 14.4 Å². The highest BCUT2D eigenvalue weighted by Crippen LogP contribution is 2.34. The molecular formula is C20H18ClF3N2O4. The van der Waals surface area contributed by atoms with E-state index in [1.165, 1.54) is 26.4 Å². The minimum Gasteiger partial charge on any atom is -0.464 e. The van der Waals surface area contributed by atoms with Gasteiger partial charge in [-0.1, -0.05) is 46.2 Å². The van der Waals surface area contributed by atoms with Gasteiger partial charge in [-0.15, -0.1) is 0 Å². The fraction of sp³-hybridized carbons (Fsp3) is 0.250. The molecule has 30 heavy (non-hydrogen) atoms. The molecule has 0 saturated carbocycles. The summed E-state index contributed by atoms with van der Waals surface area (Å²) in [7, 11) is 2.48. The Morgan fingerprint density at radius 3 is 2.50 bits per heavy atom. The topological polar surface area (TPSA) is 69.5 Å². The average molecular weight is 443 g/mol. The molecule has 0 atom stereocenters. The molecule has 0 aliphatic carbocycles. The molecule has 0 N–H and O–H groups in total. The molecule has 2 aromatic carbocycles. The summed E-state index contributed by atoms with van der Waals surface area (Å²) in [6, 6.07) is 8.50. The summed E-state index contributed by atoms with van der Waals surface area (Å²) in [6.07, 6.45) is -3.70. The Morgan fingerprint density at radius 2 is 1.87 bits per heavy atom. The van der Waals surface area contributed by atoms with Gasteiger partial charge in [0.25, 0.3) is 0 Å². The molecule has 0 aliphatic rings. The van der Waals surface area contributed by atoms with Gasteiger partial charge in [0.2, 0.25) is 0 Å². The predicted octanol–water partition coefficient (Wildman–Crippen LogP) is 4.74. The zero-order valence-electron chi connectivity index (χ0n) is 16.3. The van der Waals surface area contributed by atoms with Crippen molar-refractivity contribution in [1.82, 2.24) is 0 Å². The highest BCUT2D eigenvalue weighted by Gasteiger charge is 2.33. The molecule has 2 aromatic rings. The van der Waals surface area contributed by atoms with Gasteiger partial charge in [-0.25, -0.2) is 4.79 Å². The van der Waals surface area contributed by atoms with Crippen molar-refractivity contribution >= 4 is 29.5 Å². The predicted molar refractivity (Wildman–Crippen MR) is 106 cm³/mol. The smallest absolute Gasteiger partial charge is 0.417 e. The Bertz CT molecular complexity index is 975. The van der Waals surface area contributed by atoms with Crippen LogP contribution < -0.4 is 0 Å². The monoisotopic (exact) mass is 442 g/mol. The molecule has 2 rings (SSSR count). The Balaban J connectivity index is 2.30. The number of oxime groups is 2. The van der Waals surface area contributed by atoms with Crippen LogP contribution in [0.2, 0.25) is 5.02 Å². The molecule has 0 saturated heterocycles. The maximum absolute atomic E-state index is 13.1. The van der Waals surface area contributed by atoms with Crippen LogP contribution in [0.4, 0.5) is 13.2 Å². The maximum Gasteiger partial charge on any atom is 0.417 e. The molecule has 6 nitrogen and oxygen atoms in total. The second-order valence-electron chi connectivity index (χ2n) is 5.92. The van der Waals surface area contributed by atoms with Crippen molar-refractivity contribution < 1.29 is 32.4 Å². The van der Waals surface area contributed by atoms with E-state index in [1.807, 2.05) is 0 Å². The van der Waals surface area contributed by atoms with Gasteiger partial charge in [-0.3, -0.25) is 0 Å². The molecule has 0 spiro atoms. The SMILES string of the molecule is CO/N=C(/C(=O)OC)c1cccc(C)c1CO/N=C/c1c(Cl)cccc1C(F)(F)F. The second-order valence-corrected chi connectivity index (χ2v) is 6.33. The number of aryl methyl sites for hydroxylation is 1. The lowest BCUT2D eigenvalue weighted by atomic mass is 9.99. The number of ether oxygens (including phenoxy) is 1. The molecule has 0 bridgehead atoms. The van der Waals surface area contributed by atoms with E-state index in [9.17, 15) is 18.0 Å². The number of carbonyl (C=O) groups excluding carboxylic acids is 1. The van der Waals surface area contributed by atoms with Crippen LogP contribution in [0.15, 0.2) is 46.7 Å². The van der Waals surface area contributed by atoms with Crippen LogP contribution >= 0.6 is 11.6 Å². The first kappa shape index (κ1) is 23.2. The number of nitrogens with zero attached hydrogens (tertiary/aromatic N) is 2. The van der Waals surface area contributed by atoms with Crippen molar-refractivity contribution in [3.05, 3.63) is 69.2 Å². The minimum atomic E-state index is -4.60. The lowest BCUT2D eigenvalue weighted by Crippen LogP contribution is -2.20. The van der Waals surface area contributed by atoms with Gasteiger partial charge in [0.05, 0.1) is 23.9 Å². The van der Waals surface area contributed by atoms with Crippen LogP contribution in [-0.2, 0) is 32.0 Å². The van der Waals surface area contributed by atoms with Gasteiger partial charge in [-0.05, 0) is 24.6 Å². The van der Waals surface area contributed by atoms with E-state index in [0.29, 0.717) is 11.1 Å². The summed E-state index contributed by atoms with van der Waals surface area (Å²) in [6.45, 7) is 1.62. The van der Waals surface area contributed by atoms with Crippen LogP contribution in [0.5, 0.6) is 0 Å². The largest absolute Gasteiger partial charge is 0.464 e. The maximum atomic E-state index is 13.1. The van der Waals surface area contributed by atoms with Crippen molar-refractivity contribution in [1.29, 1.82) is 0 Å². The Kier molecular flexibility index (Phi) is 7.82. The summed E-state index contributed by atoms with van der Waals surface area (Å²) in [5, 5.41) is 7.21. The third-order valence-electron chi connectivity index (χ3n) is 4.05. The number of esters is 1. The van der Waals surface area contributed by atoms with E-state index in [-0.39, 0.29) is 22.9 Å². The summed E-state index contributed by atoms with van der Waals surface area (Å²) in [5.41, 5.74) is 0.326. The van der Waals surface area contributed by atoms with E-state index in [1.54, 1.807) is 25.1 Å². The normalized spacial score (nSPS) is 12.2. The second kappa shape index (κ2) is 10.1. The average Bonchev–Trinajstić information content (AvgIpc) is 2.70. The number of carbonyl (C=O) groups is 1. The first-order valence-corrected chi connectivity index (χ1v) is 8.87. The van der Waals surface area contributed by atoms with Crippen molar-refractivity contribution in [3.8, 4) is 0 Å². The van der Waals surface area contributed by atoms with E-state index in [2.05, 4.69) is 10.3 Å². The van der Waals surface area contributed by atoms with Crippen molar-refractivity contribution in [3.63, 3.8) is 0 Å². The van der Waals surface area contributed by atoms with Gasteiger partial charge in [0, 0.05) is 16.7 Å². The number of alkyl halides is 3. The van der Waals surface area contributed by atoms with Crippen LogP contribution in [0.1, 0.15) is 27.8 Å². The lowest BCUT2D eigenvalue weighted by molar-refractivity contribution is -0.137. The zero-order valence-corrected chi connectivity index (χ0v) is 17.0.